The van der Waals surface area contributed by atoms with Crippen LogP contribution in [0.4, 0.5) is 0 Å². The van der Waals surface area contributed by atoms with E-state index in [0.717, 1.165) is 0 Å². The highest BCUT2D eigenvalue weighted by Crippen LogP contribution is 1.91. The number of amides is 2. The smallest absolute Gasteiger partial charge is 0.239 e. The largest absolute Gasteiger partial charge is 0.368 e. The molecule has 0 saturated carbocycles. The second-order valence-corrected chi connectivity index (χ2v) is 2.79. The molecule has 1 unspecified atom stereocenters. The predicted molar refractivity (Wildman–Crippen MR) is 53.0 cm³/mol. The quantitative estimate of drug-likeness (QED) is 0.683. The molecule has 0 saturated heterocycles. The standard InChI is InChI=1S/C7H14N2O2.C2H6/c1-4(2)7(11)9-5(3)6(8)10;1-2/h4-5H,1-3H3,(H2,8,10)(H,9,11);1-2H3. The van der Waals surface area contributed by atoms with E-state index in [1.807, 2.05) is 13.8 Å². The first kappa shape index (κ1) is 14.5. The van der Waals surface area contributed by atoms with Crippen molar-refractivity contribution in [1.29, 1.82) is 0 Å². The highest BCUT2D eigenvalue weighted by molar-refractivity contribution is 5.86. The molecule has 2 amide bonds. The van der Waals surface area contributed by atoms with Gasteiger partial charge in [0.25, 0.3) is 0 Å². The van der Waals surface area contributed by atoms with E-state index in [0.29, 0.717) is 0 Å². The van der Waals surface area contributed by atoms with Crippen molar-refractivity contribution in [2.45, 2.75) is 40.7 Å². The first-order valence-corrected chi connectivity index (χ1v) is 4.54. The van der Waals surface area contributed by atoms with E-state index in [-0.39, 0.29) is 11.8 Å². The minimum atomic E-state index is -0.579. The molecular formula is C9H20N2O2. The predicted octanol–water partition coefficient (Wildman–Crippen LogP) is 0.659. The maximum Gasteiger partial charge on any atom is 0.239 e. The zero-order chi connectivity index (χ0) is 11.0. The molecule has 0 aromatic rings. The summed E-state index contributed by atoms with van der Waals surface area (Å²) in [6.45, 7) is 9.06. The first-order chi connectivity index (χ1) is 5.95. The third-order valence-electron chi connectivity index (χ3n) is 1.31. The van der Waals surface area contributed by atoms with Crippen molar-refractivity contribution in [3.05, 3.63) is 0 Å². The van der Waals surface area contributed by atoms with Crippen LogP contribution in [0.15, 0.2) is 0 Å². The van der Waals surface area contributed by atoms with Gasteiger partial charge >= 0.3 is 0 Å². The maximum absolute atomic E-state index is 10.9. The van der Waals surface area contributed by atoms with Crippen LogP contribution in [0.25, 0.3) is 0 Å². The summed E-state index contributed by atoms with van der Waals surface area (Å²) in [7, 11) is 0. The molecule has 0 rings (SSSR count). The van der Waals surface area contributed by atoms with Gasteiger partial charge in [-0.3, -0.25) is 9.59 Å². The third-order valence-corrected chi connectivity index (χ3v) is 1.31. The summed E-state index contributed by atoms with van der Waals surface area (Å²) >= 11 is 0. The Bertz CT molecular complexity index is 167. The van der Waals surface area contributed by atoms with Crippen molar-refractivity contribution in [3.8, 4) is 0 Å². The van der Waals surface area contributed by atoms with Crippen LogP contribution in [-0.2, 0) is 9.59 Å². The number of primary amides is 1. The van der Waals surface area contributed by atoms with Gasteiger partial charge in [-0.25, -0.2) is 0 Å². The minimum absolute atomic E-state index is 0.114. The molecule has 1 atom stereocenters. The molecule has 0 aromatic carbocycles. The molecule has 0 radical (unpaired) electrons. The Hall–Kier alpha value is -1.06. The van der Waals surface area contributed by atoms with Crippen molar-refractivity contribution in [2.75, 3.05) is 0 Å². The van der Waals surface area contributed by atoms with E-state index in [4.69, 9.17) is 5.73 Å². The van der Waals surface area contributed by atoms with Gasteiger partial charge < -0.3 is 11.1 Å². The van der Waals surface area contributed by atoms with Crippen LogP contribution in [0.3, 0.4) is 0 Å². The van der Waals surface area contributed by atoms with E-state index < -0.39 is 11.9 Å². The fraction of sp³-hybridized carbons (Fsp3) is 0.778. The Balaban J connectivity index is 0. The van der Waals surface area contributed by atoms with Crippen molar-refractivity contribution in [1.82, 2.24) is 5.32 Å². The summed E-state index contributed by atoms with van der Waals surface area (Å²) in [4.78, 5) is 21.4. The Kier molecular flexibility index (Phi) is 8.44. The molecule has 3 N–H and O–H groups in total. The Morgan fingerprint density at radius 2 is 1.54 bits per heavy atom. The van der Waals surface area contributed by atoms with Gasteiger partial charge in [-0.2, -0.15) is 0 Å². The third kappa shape index (κ3) is 7.31. The molecule has 0 fully saturated rings. The van der Waals surface area contributed by atoms with Gasteiger partial charge in [0.15, 0.2) is 0 Å². The van der Waals surface area contributed by atoms with Gasteiger partial charge in [-0.15, -0.1) is 0 Å². The summed E-state index contributed by atoms with van der Waals surface area (Å²) in [5, 5.41) is 2.47. The van der Waals surface area contributed by atoms with Crippen LogP contribution in [0.1, 0.15) is 34.6 Å². The van der Waals surface area contributed by atoms with Crippen LogP contribution in [0, 0.1) is 5.92 Å². The van der Waals surface area contributed by atoms with Gasteiger partial charge in [0.2, 0.25) is 11.8 Å². The van der Waals surface area contributed by atoms with Gasteiger partial charge in [0, 0.05) is 5.92 Å². The molecule has 0 aromatic heterocycles. The lowest BCUT2D eigenvalue weighted by molar-refractivity contribution is -0.128. The Labute approximate surface area is 79.9 Å². The van der Waals surface area contributed by atoms with E-state index in [2.05, 4.69) is 5.32 Å². The van der Waals surface area contributed by atoms with Crippen molar-refractivity contribution >= 4 is 11.8 Å². The highest BCUT2D eigenvalue weighted by atomic mass is 16.2. The topological polar surface area (TPSA) is 72.2 Å². The van der Waals surface area contributed by atoms with Crippen molar-refractivity contribution in [3.63, 3.8) is 0 Å². The average Bonchev–Trinajstić information content (AvgIpc) is 2.07. The van der Waals surface area contributed by atoms with Gasteiger partial charge in [-0.1, -0.05) is 27.7 Å². The fourth-order valence-electron chi connectivity index (χ4n) is 0.451. The second-order valence-electron chi connectivity index (χ2n) is 2.79. The van der Waals surface area contributed by atoms with Crippen LogP contribution < -0.4 is 11.1 Å². The van der Waals surface area contributed by atoms with Crippen LogP contribution in [0.5, 0.6) is 0 Å². The minimum Gasteiger partial charge on any atom is -0.368 e. The molecule has 0 spiro atoms. The highest BCUT2D eigenvalue weighted by Gasteiger charge is 2.13. The van der Waals surface area contributed by atoms with E-state index >= 15 is 0 Å². The van der Waals surface area contributed by atoms with Crippen LogP contribution in [-0.4, -0.2) is 17.9 Å². The SMILES string of the molecule is CC.CC(C)C(=O)NC(C)C(N)=O. The first-order valence-electron chi connectivity index (χ1n) is 4.54. The van der Waals surface area contributed by atoms with E-state index in [1.54, 1.807) is 20.8 Å². The number of nitrogens with two attached hydrogens (primary N) is 1. The van der Waals surface area contributed by atoms with E-state index in [1.165, 1.54) is 0 Å². The number of hydrogen-bond donors (Lipinski definition) is 2. The Morgan fingerprint density at radius 3 is 1.77 bits per heavy atom. The maximum atomic E-state index is 10.9. The van der Waals surface area contributed by atoms with Gasteiger partial charge in [0.1, 0.15) is 6.04 Å². The lowest BCUT2D eigenvalue weighted by Crippen LogP contribution is -2.43. The van der Waals surface area contributed by atoms with Gasteiger partial charge in [-0.05, 0) is 6.92 Å². The molecule has 0 aliphatic heterocycles. The molecule has 4 heteroatoms. The molecule has 78 valence electrons. The fourth-order valence-corrected chi connectivity index (χ4v) is 0.451. The summed E-state index contributed by atoms with van der Waals surface area (Å²) in [5.41, 5.74) is 4.93. The average molecular weight is 188 g/mol. The molecule has 0 bridgehead atoms. The molecule has 13 heavy (non-hydrogen) atoms. The number of carbonyl (C=O) groups excluding carboxylic acids is 2. The van der Waals surface area contributed by atoms with Crippen molar-refractivity contribution in [2.24, 2.45) is 11.7 Å². The molecule has 0 aliphatic rings. The molecule has 4 nitrogen and oxygen atoms in total. The number of carbonyl (C=O) groups is 2. The summed E-state index contributed by atoms with van der Waals surface area (Å²) in [6.07, 6.45) is 0. The molecule has 0 aliphatic carbocycles. The summed E-state index contributed by atoms with van der Waals surface area (Å²) in [6, 6.07) is -0.579. The van der Waals surface area contributed by atoms with Crippen LogP contribution >= 0.6 is 0 Å². The Morgan fingerprint density at radius 1 is 1.15 bits per heavy atom. The summed E-state index contributed by atoms with van der Waals surface area (Å²) < 4.78 is 0. The number of hydrogen-bond acceptors (Lipinski definition) is 2. The lowest BCUT2D eigenvalue weighted by Gasteiger charge is -2.11. The molecular weight excluding hydrogens is 168 g/mol. The normalized spacial score (nSPS) is 11.2. The summed E-state index contributed by atoms with van der Waals surface area (Å²) in [5.74, 6) is -0.785. The number of nitrogens with one attached hydrogen (secondary N) is 1. The second kappa shape index (κ2) is 7.58. The zero-order valence-corrected chi connectivity index (χ0v) is 9.05. The van der Waals surface area contributed by atoms with Crippen molar-refractivity contribution < 1.29 is 9.59 Å². The number of rotatable bonds is 3. The zero-order valence-electron chi connectivity index (χ0n) is 9.05. The monoisotopic (exact) mass is 188 g/mol. The van der Waals surface area contributed by atoms with E-state index in [9.17, 15) is 9.59 Å². The molecule has 0 heterocycles. The lowest BCUT2D eigenvalue weighted by atomic mass is 10.2. The van der Waals surface area contributed by atoms with Crippen LogP contribution in [0.2, 0.25) is 0 Å². The van der Waals surface area contributed by atoms with Gasteiger partial charge in [0.05, 0.1) is 0 Å².